The van der Waals surface area contributed by atoms with Crippen molar-refractivity contribution < 1.29 is 22.9 Å². The van der Waals surface area contributed by atoms with E-state index in [2.05, 4.69) is 4.84 Å². The van der Waals surface area contributed by atoms with Crippen LogP contribution in [0.2, 0.25) is 0 Å². The number of carbonyl (C=O) groups excluding carboxylic acids is 1. The highest BCUT2D eigenvalue weighted by Gasteiger charge is 2.47. The average Bonchev–Trinajstić information content (AvgIpc) is 2.57. The van der Waals surface area contributed by atoms with E-state index in [1.54, 1.807) is 0 Å². The zero-order chi connectivity index (χ0) is 19.3. The fraction of sp³-hybridized carbons (Fsp3) is 0.812. The summed E-state index contributed by atoms with van der Waals surface area (Å²) in [5.74, 6) is 4.57. The van der Waals surface area contributed by atoms with Crippen LogP contribution in [0.5, 0.6) is 0 Å². The van der Waals surface area contributed by atoms with Crippen LogP contribution < -0.4 is 17.4 Å². The zero-order valence-electron chi connectivity index (χ0n) is 16.0. The summed E-state index contributed by atoms with van der Waals surface area (Å²) in [6.07, 6.45) is 2.59. The molecule has 0 heterocycles. The summed E-state index contributed by atoms with van der Waals surface area (Å²) < 4.78 is 17.9. The molecule has 0 aromatic rings. The smallest absolute Gasteiger partial charge is 0.370 e. The maximum Gasteiger partial charge on any atom is 0.533 e. The first-order chi connectivity index (χ1) is 11.9. The number of carbonyl (C=O) groups is 1. The Hall–Kier alpha value is -0.813. The third kappa shape index (κ3) is 7.95. The molecule has 9 heteroatoms. The molecular weight excluding hydrogens is 342 g/mol. The van der Waals surface area contributed by atoms with Gasteiger partial charge in [-0.3, -0.25) is 0 Å². The number of unbranched alkanes of at least 4 members (excludes halogenated alkanes) is 1. The SMILES string of the molecule is CCCCC(C(=O)ON)=C(CCC(N)N)[Si](OCC)(OCC)OCC. The lowest BCUT2D eigenvalue weighted by molar-refractivity contribution is -0.139. The zero-order valence-corrected chi connectivity index (χ0v) is 17.0. The van der Waals surface area contributed by atoms with Crippen molar-refractivity contribution >= 4 is 14.8 Å². The van der Waals surface area contributed by atoms with Crippen LogP contribution in [0.15, 0.2) is 10.8 Å². The van der Waals surface area contributed by atoms with Crippen LogP contribution in [0, 0.1) is 0 Å². The van der Waals surface area contributed by atoms with Gasteiger partial charge in [0.05, 0.1) is 6.17 Å². The highest BCUT2D eigenvalue weighted by atomic mass is 28.4. The minimum atomic E-state index is -3.27. The van der Waals surface area contributed by atoms with Crippen molar-refractivity contribution in [1.29, 1.82) is 0 Å². The van der Waals surface area contributed by atoms with E-state index < -0.39 is 20.9 Å². The van der Waals surface area contributed by atoms with Gasteiger partial charge in [-0.1, -0.05) is 13.3 Å². The maximum atomic E-state index is 12.4. The maximum absolute atomic E-state index is 12.4. The molecule has 25 heavy (non-hydrogen) atoms. The molecule has 0 bridgehead atoms. The summed E-state index contributed by atoms with van der Waals surface area (Å²) in [5.41, 5.74) is 11.9. The fourth-order valence-corrected chi connectivity index (χ4v) is 5.52. The van der Waals surface area contributed by atoms with Gasteiger partial charge in [-0.05, 0) is 46.5 Å². The van der Waals surface area contributed by atoms with E-state index in [1.165, 1.54) is 0 Å². The minimum Gasteiger partial charge on any atom is -0.370 e. The summed E-state index contributed by atoms with van der Waals surface area (Å²) in [6, 6.07) is 0. The van der Waals surface area contributed by atoms with E-state index >= 15 is 0 Å². The number of allylic oxidation sites excluding steroid dienone is 1. The Kier molecular flexibility index (Phi) is 13.0. The van der Waals surface area contributed by atoms with E-state index in [9.17, 15) is 4.79 Å². The molecule has 0 aliphatic rings. The van der Waals surface area contributed by atoms with Gasteiger partial charge < -0.3 is 29.6 Å². The van der Waals surface area contributed by atoms with Crippen molar-refractivity contribution in [3.63, 3.8) is 0 Å². The Labute approximate surface area is 152 Å². The molecule has 0 amide bonds. The third-order valence-corrected chi connectivity index (χ3v) is 6.90. The average molecular weight is 378 g/mol. The van der Waals surface area contributed by atoms with Crippen LogP contribution in [0.1, 0.15) is 59.8 Å². The Morgan fingerprint density at radius 1 is 0.960 bits per heavy atom. The van der Waals surface area contributed by atoms with Gasteiger partial charge in [-0.15, -0.1) is 0 Å². The van der Waals surface area contributed by atoms with Crippen LogP contribution in [-0.4, -0.2) is 40.8 Å². The first-order valence-corrected chi connectivity index (χ1v) is 10.7. The first kappa shape index (κ1) is 24.2. The van der Waals surface area contributed by atoms with E-state index in [0.29, 0.717) is 49.9 Å². The molecule has 0 aromatic carbocycles. The highest BCUT2D eigenvalue weighted by Crippen LogP contribution is 2.30. The molecule has 0 aromatic heterocycles. The second-order valence-electron chi connectivity index (χ2n) is 5.52. The molecule has 0 radical (unpaired) electrons. The van der Waals surface area contributed by atoms with Crippen molar-refractivity contribution in [3.05, 3.63) is 10.8 Å². The van der Waals surface area contributed by atoms with Crippen molar-refractivity contribution in [3.8, 4) is 0 Å². The van der Waals surface area contributed by atoms with E-state index in [4.69, 9.17) is 30.6 Å². The Bertz CT molecular complexity index is 402. The molecule has 0 saturated carbocycles. The van der Waals surface area contributed by atoms with Crippen LogP contribution in [-0.2, 0) is 22.9 Å². The quantitative estimate of drug-likeness (QED) is 0.180. The minimum absolute atomic E-state index is 0.392. The predicted octanol–water partition coefficient (Wildman–Crippen LogP) is 1.50. The second-order valence-corrected chi connectivity index (χ2v) is 8.11. The van der Waals surface area contributed by atoms with Crippen molar-refractivity contribution in [2.45, 2.75) is 66.0 Å². The summed E-state index contributed by atoms with van der Waals surface area (Å²) in [7, 11) is -3.27. The summed E-state index contributed by atoms with van der Waals surface area (Å²) in [6.45, 7) is 8.80. The van der Waals surface area contributed by atoms with Crippen molar-refractivity contribution in [2.75, 3.05) is 19.8 Å². The molecule has 0 unspecified atom stereocenters. The normalized spacial score (nSPS) is 13.1. The monoisotopic (exact) mass is 377 g/mol. The van der Waals surface area contributed by atoms with E-state index in [-0.39, 0.29) is 0 Å². The molecule has 6 N–H and O–H groups in total. The molecule has 0 rings (SSSR count). The summed E-state index contributed by atoms with van der Waals surface area (Å²) in [4.78, 5) is 16.9. The molecule has 148 valence electrons. The molecule has 0 saturated heterocycles. The van der Waals surface area contributed by atoms with Crippen LogP contribution >= 0.6 is 0 Å². The number of rotatable bonds is 14. The van der Waals surface area contributed by atoms with Gasteiger partial charge in [0.1, 0.15) is 0 Å². The molecule has 0 aliphatic carbocycles. The van der Waals surface area contributed by atoms with E-state index in [0.717, 1.165) is 12.8 Å². The van der Waals surface area contributed by atoms with Gasteiger partial charge in [-0.2, -0.15) is 5.90 Å². The summed E-state index contributed by atoms with van der Waals surface area (Å²) in [5, 5.41) is 0.669. The Morgan fingerprint density at radius 2 is 1.48 bits per heavy atom. The van der Waals surface area contributed by atoms with E-state index in [1.807, 2.05) is 27.7 Å². The molecule has 0 atom stereocenters. The van der Waals surface area contributed by atoms with Crippen LogP contribution in [0.3, 0.4) is 0 Å². The van der Waals surface area contributed by atoms with Crippen molar-refractivity contribution in [2.24, 2.45) is 17.4 Å². The largest absolute Gasteiger partial charge is 0.533 e. The lowest BCUT2D eigenvalue weighted by Gasteiger charge is -2.32. The van der Waals surface area contributed by atoms with Gasteiger partial charge in [0.2, 0.25) is 0 Å². The number of nitrogens with two attached hydrogens (primary N) is 3. The fourth-order valence-electron chi connectivity index (χ4n) is 2.56. The van der Waals surface area contributed by atoms with Crippen LogP contribution in [0.4, 0.5) is 0 Å². The van der Waals surface area contributed by atoms with Gasteiger partial charge in [0.15, 0.2) is 0 Å². The van der Waals surface area contributed by atoms with Gasteiger partial charge in [-0.25, -0.2) is 4.79 Å². The van der Waals surface area contributed by atoms with Crippen molar-refractivity contribution in [1.82, 2.24) is 0 Å². The van der Waals surface area contributed by atoms with Gasteiger partial charge in [0, 0.05) is 30.6 Å². The highest BCUT2D eigenvalue weighted by molar-refractivity contribution is 6.69. The molecule has 0 fully saturated rings. The standard InChI is InChI=1S/C16H35N3O5Si/c1-5-9-10-13(16(20)24-19)14(11-12-15(17)18)25(21-6-2,22-7-3)23-8-4/h15H,5-12,17-19H2,1-4H3. The number of hydrogen-bond acceptors (Lipinski definition) is 8. The summed E-state index contributed by atoms with van der Waals surface area (Å²) >= 11 is 0. The first-order valence-electron chi connectivity index (χ1n) is 8.98. The molecular formula is C16H35N3O5Si. The Balaban J connectivity index is 6.22. The molecule has 0 aliphatic heterocycles. The topological polar surface area (TPSA) is 132 Å². The molecule has 0 spiro atoms. The molecule has 8 nitrogen and oxygen atoms in total. The number of hydrogen-bond donors (Lipinski definition) is 3. The van der Waals surface area contributed by atoms with Gasteiger partial charge in [0.25, 0.3) is 0 Å². The third-order valence-electron chi connectivity index (χ3n) is 3.60. The van der Waals surface area contributed by atoms with Crippen LogP contribution in [0.25, 0.3) is 0 Å². The van der Waals surface area contributed by atoms with Gasteiger partial charge >= 0.3 is 14.8 Å². The Morgan fingerprint density at radius 3 is 1.84 bits per heavy atom. The second kappa shape index (κ2) is 13.4. The predicted molar refractivity (Wildman–Crippen MR) is 98.9 cm³/mol. The lowest BCUT2D eigenvalue weighted by Crippen LogP contribution is -2.50. The lowest BCUT2D eigenvalue weighted by atomic mass is 10.1.